The van der Waals surface area contributed by atoms with Crippen LogP contribution in [0.25, 0.3) is 0 Å². The zero-order valence-electron chi connectivity index (χ0n) is 9.06. The van der Waals surface area contributed by atoms with Crippen LogP contribution in [0.15, 0.2) is 30.5 Å². The van der Waals surface area contributed by atoms with Crippen molar-refractivity contribution in [2.45, 2.75) is 13.2 Å². The van der Waals surface area contributed by atoms with Crippen LogP contribution in [0.1, 0.15) is 21.5 Å². The van der Waals surface area contributed by atoms with Gasteiger partial charge in [0.05, 0.1) is 19.4 Å². The molecule has 3 rings (SSSR count). The monoisotopic (exact) mass is 229 g/mol. The normalized spacial score (nSPS) is 13.4. The number of anilines is 1. The Hall–Kier alpha value is -2.14. The summed E-state index contributed by atoms with van der Waals surface area (Å²) < 4.78 is 5.31. The highest BCUT2D eigenvalue weighted by Gasteiger charge is 2.14. The second-order valence-electron chi connectivity index (χ2n) is 3.90. The lowest BCUT2D eigenvalue weighted by molar-refractivity contribution is 0.102. The number of ether oxygens (including phenoxy) is 1. The third kappa shape index (κ3) is 1.92. The van der Waals surface area contributed by atoms with Crippen LogP contribution in [-0.2, 0) is 18.0 Å². The number of benzene rings is 1. The van der Waals surface area contributed by atoms with E-state index in [0.717, 1.165) is 11.1 Å². The molecular weight excluding hydrogens is 218 g/mol. The van der Waals surface area contributed by atoms with Gasteiger partial charge in [-0.1, -0.05) is 6.07 Å². The average molecular weight is 229 g/mol. The molecule has 1 amide bonds. The first-order chi connectivity index (χ1) is 8.33. The van der Waals surface area contributed by atoms with E-state index in [-0.39, 0.29) is 5.91 Å². The fourth-order valence-corrected chi connectivity index (χ4v) is 1.83. The molecule has 0 radical (unpaired) electrons. The van der Waals surface area contributed by atoms with Gasteiger partial charge in [0.15, 0.2) is 0 Å². The molecule has 0 fully saturated rings. The number of H-pyrrole nitrogens is 1. The molecule has 86 valence electrons. The first-order valence-electron chi connectivity index (χ1n) is 5.33. The van der Waals surface area contributed by atoms with Crippen molar-refractivity contribution < 1.29 is 9.53 Å². The van der Waals surface area contributed by atoms with E-state index in [4.69, 9.17) is 4.74 Å². The summed E-state index contributed by atoms with van der Waals surface area (Å²) in [5.41, 5.74) is 2.87. The maximum absolute atomic E-state index is 11.9. The lowest BCUT2D eigenvalue weighted by Gasteiger charge is -2.04. The van der Waals surface area contributed by atoms with Crippen LogP contribution in [0, 0.1) is 0 Å². The number of rotatable bonds is 2. The summed E-state index contributed by atoms with van der Waals surface area (Å²) >= 11 is 0. The number of hydrogen-bond acceptors (Lipinski definition) is 3. The molecule has 2 heterocycles. The quantitative estimate of drug-likeness (QED) is 0.823. The third-order valence-electron chi connectivity index (χ3n) is 2.73. The van der Waals surface area contributed by atoms with E-state index in [9.17, 15) is 4.79 Å². The van der Waals surface area contributed by atoms with Crippen molar-refractivity contribution in [1.29, 1.82) is 0 Å². The van der Waals surface area contributed by atoms with Gasteiger partial charge in [-0.2, -0.15) is 5.10 Å². The number of nitrogens with one attached hydrogen (secondary N) is 2. The van der Waals surface area contributed by atoms with Crippen LogP contribution in [0.2, 0.25) is 0 Å². The molecule has 0 bridgehead atoms. The molecule has 0 saturated heterocycles. The summed E-state index contributed by atoms with van der Waals surface area (Å²) in [5.74, 6) is 0.440. The summed E-state index contributed by atoms with van der Waals surface area (Å²) in [7, 11) is 0. The second kappa shape index (κ2) is 4.03. The molecule has 5 nitrogen and oxygen atoms in total. The van der Waals surface area contributed by atoms with Crippen molar-refractivity contribution in [3.8, 4) is 0 Å². The number of nitrogens with zero attached hydrogens (tertiary/aromatic N) is 1. The Balaban J connectivity index is 1.82. The molecule has 0 aliphatic carbocycles. The van der Waals surface area contributed by atoms with Crippen molar-refractivity contribution in [2.24, 2.45) is 0 Å². The Labute approximate surface area is 97.8 Å². The van der Waals surface area contributed by atoms with Gasteiger partial charge in [0, 0.05) is 11.6 Å². The molecular formula is C12H11N3O2. The SMILES string of the molecule is O=C(Nc1ccn[nH]1)c1ccc2c(c1)COC2. The van der Waals surface area contributed by atoms with Gasteiger partial charge < -0.3 is 10.1 Å². The number of carbonyl (C=O) groups is 1. The standard InChI is InChI=1S/C12H11N3O2/c16-12(14-11-3-4-13-15-11)8-1-2-9-6-17-7-10(9)5-8/h1-5H,6-7H2,(H2,13,14,15,16). The number of aromatic amines is 1. The van der Waals surface area contributed by atoms with Crippen LogP contribution < -0.4 is 5.32 Å². The third-order valence-corrected chi connectivity index (χ3v) is 2.73. The van der Waals surface area contributed by atoms with Crippen LogP contribution in [0.3, 0.4) is 0 Å². The van der Waals surface area contributed by atoms with Gasteiger partial charge in [-0.3, -0.25) is 9.89 Å². The average Bonchev–Trinajstić information content (AvgIpc) is 2.97. The van der Waals surface area contributed by atoms with E-state index < -0.39 is 0 Å². The summed E-state index contributed by atoms with van der Waals surface area (Å²) in [6, 6.07) is 7.31. The van der Waals surface area contributed by atoms with Crippen LogP contribution in [0.5, 0.6) is 0 Å². The maximum Gasteiger partial charge on any atom is 0.256 e. The number of aromatic nitrogens is 2. The van der Waals surface area contributed by atoms with Crippen LogP contribution in [0.4, 0.5) is 5.82 Å². The van der Waals surface area contributed by atoms with Crippen molar-refractivity contribution in [1.82, 2.24) is 10.2 Å². The molecule has 2 aromatic rings. The summed E-state index contributed by atoms with van der Waals surface area (Å²) in [6.45, 7) is 1.22. The molecule has 1 aromatic carbocycles. The maximum atomic E-state index is 11.9. The highest BCUT2D eigenvalue weighted by Crippen LogP contribution is 2.21. The lowest BCUT2D eigenvalue weighted by Crippen LogP contribution is -2.12. The minimum atomic E-state index is -0.149. The molecule has 1 aromatic heterocycles. The van der Waals surface area contributed by atoms with Gasteiger partial charge in [-0.05, 0) is 23.3 Å². The molecule has 2 N–H and O–H groups in total. The van der Waals surface area contributed by atoms with Gasteiger partial charge in [0.25, 0.3) is 5.91 Å². The van der Waals surface area contributed by atoms with Crippen LogP contribution >= 0.6 is 0 Å². The van der Waals surface area contributed by atoms with Gasteiger partial charge in [-0.15, -0.1) is 0 Å². The summed E-state index contributed by atoms with van der Waals surface area (Å²) in [5, 5.41) is 9.18. The predicted molar refractivity (Wildman–Crippen MR) is 61.5 cm³/mol. The largest absolute Gasteiger partial charge is 0.372 e. The Morgan fingerprint density at radius 2 is 2.18 bits per heavy atom. The summed E-state index contributed by atoms with van der Waals surface area (Å²) in [4.78, 5) is 11.9. The van der Waals surface area contributed by atoms with Gasteiger partial charge in [0.2, 0.25) is 0 Å². The zero-order chi connectivity index (χ0) is 11.7. The zero-order valence-corrected chi connectivity index (χ0v) is 9.06. The molecule has 0 spiro atoms. The molecule has 1 aliphatic rings. The van der Waals surface area contributed by atoms with E-state index in [1.165, 1.54) is 0 Å². The van der Waals surface area contributed by atoms with E-state index in [0.29, 0.717) is 24.6 Å². The Bertz CT molecular complexity index is 549. The van der Waals surface area contributed by atoms with Crippen molar-refractivity contribution >= 4 is 11.7 Å². The number of amides is 1. The number of carbonyl (C=O) groups excluding carboxylic acids is 1. The minimum absolute atomic E-state index is 0.149. The molecule has 0 unspecified atom stereocenters. The topological polar surface area (TPSA) is 67.0 Å². The highest BCUT2D eigenvalue weighted by molar-refractivity contribution is 6.03. The van der Waals surface area contributed by atoms with Gasteiger partial charge in [-0.25, -0.2) is 0 Å². The van der Waals surface area contributed by atoms with E-state index in [2.05, 4.69) is 15.5 Å². The van der Waals surface area contributed by atoms with Gasteiger partial charge in [0.1, 0.15) is 5.82 Å². The van der Waals surface area contributed by atoms with E-state index in [1.807, 2.05) is 12.1 Å². The fraction of sp³-hybridized carbons (Fsp3) is 0.167. The molecule has 17 heavy (non-hydrogen) atoms. The number of hydrogen-bond donors (Lipinski definition) is 2. The van der Waals surface area contributed by atoms with Crippen LogP contribution in [-0.4, -0.2) is 16.1 Å². The lowest BCUT2D eigenvalue weighted by atomic mass is 10.1. The minimum Gasteiger partial charge on any atom is -0.372 e. The fourth-order valence-electron chi connectivity index (χ4n) is 1.83. The Kier molecular flexibility index (Phi) is 2.38. The highest BCUT2D eigenvalue weighted by atomic mass is 16.5. The van der Waals surface area contributed by atoms with Crippen molar-refractivity contribution in [3.05, 3.63) is 47.2 Å². The first kappa shape index (κ1) is 10.0. The molecule has 1 aliphatic heterocycles. The smallest absolute Gasteiger partial charge is 0.256 e. The number of fused-ring (bicyclic) bond motifs is 1. The first-order valence-corrected chi connectivity index (χ1v) is 5.33. The second-order valence-corrected chi connectivity index (χ2v) is 3.90. The van der Waals surface area contributed by atoms with Crippen molar-refractivity contribution in [2.75, 3.05) is 5.32 Å². The molecule has 0 saturated carbocycles. The molecule has 0 atom stereocenters. The Morgan fingerprint density at radius 1 is 1.29 bits per heavy atom. The van der Waals surface area contributed by atoms with Crippen molar-refractivity contribution in [3.63, 3.8) is 0 Å². The van der Waals surface area contributed by atoms with E-state index >= 15 is 0 Å². The Morgan fingerprint density at radius 3 is 3.00 bits per heavy atom. The summed E-state index contributed by atoms with van der Waals surface area (Å²) in [6.07, 6.45) is 1.59. The van der Waals surface area contributed by atoms with Gasteiger partial charge >= 0.3 is 0 Å². The van der Waals surface area contributed by atoms with E-state index in [1.54, 1.807) is 18.3 Å². The predicted octanol–water partition coefficient (Wildman–Crippen LogP) is 1.69. The molecule has 5 heteroatoms.